The summed E-state index contributed by atoms with van der Waals surface area (Å²) in [6, 6.07) is 18.0. The van der Waals surface area contributed by atoms with Crippen LogP contribution < -0.4 is 15.8 Å². The highest BCUT2D eigenvalue weighted by atomic mass is 35.5. The summed E-state index contributed by atoms with van der Waals surface area (Å²) >= 11 is 0. The van der Waals surface area contributed by atoms with Gasteiger partial charge in [-0.3, -0.25) is 4.79 Å². The van der Waals surface area contributed by atoms with Gasteiger partial charge in [0.25, 0.3) is 0 Å². The van der Waals surface area contributed by atoms with Gasteiger partial charge in [-0.1, -0.05) is 42.5 Å². The number of ether oxygens (including phenoxy) is 1. The lowest BCUT2D eigenvalue weighted by Gasteiger charge is -2.17. The Bertz CT molecular complexity index is 617. The fraction of sp³-hybridized carbons (Fsp3) is 0.316. The van der Waals surface area contributed by atoms with Gasteiger partial charge >= 0.3 is 0 Å². The normalized spacial score (nSPS) is 12.8. The Morgan fingerprint density at radius 2 is 1.67 bits per heavy atom. The van der Waals surface area contributed by atoms with E-state index >= 15 is 0 Å². The minimum atomic E-state index is -0.332. The molecule has 2 aromatic carbocycles. The van der Waals surface area contributed by atoms with Gasteiger partial charge in [-0.25, -0.2) is 0 Å². The van der Waals surface area contributed by atoms with E-state index < -0.39 is 0 Å². The largest absolute Gasteiger partial charge is 0.489 e. The topological polar surface area (TPSA) is 64.3 Å². The van der Waals surface area contributed by atoms with Crippen LogP contribution in [0.5, 0.6) is 5.75 Å². The number of hydrogen-bond acceptors (Lipinski definition) is 3. The number of amides is 1. The summed E-state index contributed by atoms with van der Waals surface area (Å²) in [5.74, 6) is 0.519. The van der Waals surface area contributed by atoms with Crippen molar-refractivity contribution in [3.05, 3.63) is 65.7 Å². The highest BCUT2D eigenvalue weighted by Gasteiger charge is 2.12. The predicted molar refractivity (Wildman–Crippen MR) is 99.4 cm³/mol. The number of primary amides is 1. The summed E-state index contributed by atoms with van der Waals surface area (Å²) in [7, 11) is 0. The maximum Gasteiger partial charge on any atom is 0.234 e. The molecule has 2 rings (SSSR count). The fourth-order valence-corrected chi connectivity index (χ4v) is 2.38. The van der Waals surface area contributed by atoms with Gasteiger partial charge in [-0.2, -0.15) is 0 Å². The van der Waals surface area contributed by atoms with Crippen molar-refractivity contribution in [1.82, 2.24) is 5.32 Å². The summed E-state index contributed by atoms with van der Waals surface area (Å²) in [5, 5.41) is 3.18. The molecule has 2 aromatic rings. The van der Waals surface area contributed by atoms with Crippen molar-refractivity contribution in [2.45, 2.75) is 39.0 Å². The Morgan fingerprint density at radius 3 is 2.25 bits per heavy atom. The molecule has 0 saturated carbocycles. The lowest BCUT2D eigenvalue weighted by molar-refractivity contribution is -0.119. The molecule has 0 spiro atoms. The van der Waals surface area contributed by atoms with Crippen LogP contribution in [0.3, 0.4) is 0 Å². The van der Waals surface area contributed by atoms with Crippen LogP contribution in [0.1, 0.15) is 25.0 Å². The molecule has 0 radical (unpaired) electrons. The Kier molecular flexibility index (Phi) is 8.30. The zero-order valence-corrected chi connectivity index (χ0v) is 14.9. The smallest absolute Gasteiger partial charge is 0.234 e. The zero-order valence-electron chi connectivity index (χ0n) is 14.1. The van der Waals surface area contributed by atoms with E-state index in [1.807, 2.05) is 61.5 Å². The van der Waals surface area contributed by atoms with Gasteiger partial charge < -0.3 is 15.8 Å². The van der Waals surface area contributed by atoms with Gasteiger partial charge in [-0.15, -0.1) is 12.4 Å². The van der Waals surface area contributed by atoms with Gasteiger partial charge in [0, 0.05) is 6.04 Å². The van der Waals surface area contributed by atoms with Crippen LogP contribution >= 0.6 is 12.4 Å². The van der Waals surface area contributed by atoms with E-state index in [4.69, 9.17) is 10.5 Å². The van der Waals surface area contributed by atoms with Gasteiger partial charge in [0.2, 0.25) is 5.91 Å². The summed E-state index contributed by atoms with van der Waals surface area (Å²) < 4.78 is 5.77. The number of rotatable bonds is 8. The Hall–Kier alpha value is -2.04. The maximum absolute atomic E-state index is 11.1. The molecule has 0 aliphatic rings. The molecule has 2 atom stereocenters. The number of nitrogens with one attached hydrogen (secondary N) is 1. The predicted octanol–water partition coefficient (Wildman–Crippen LogP) is 3.08. The van der Waals surface area contributed by atoms with E-state index in [1.165, 1.54) is 5.56 Å². The monoisotopic (exact) mass is 348 g/mol. The van der Waals surface area contributed by atoms with Crippen molar-refractivity contribution in [2.75, 3.05) is 0 Å². The molecule has 0 unspecified atom stereocenters. The molecular formula is C19H25ClN2O2. The molecule has 24 heavy (non-hydrogen) atoms. The summed E-state index contributed by atoms with van der Waals surface area (Å²) in [6.07, 6.45) is 0.830. The van der Waals surface area contributed by atoms with Crippen LogP contribution in [-0.4, -0.2) is 18.0 Å². The Balaban J connectivity index is 0.00000288. The molecule has 0 bridgehead atoms. The second-order valence-corrected chi connectivity index (χ2v) is 5.81. The molecule has 0 aliphatic heterocycles. The molecule has 1 amide bonds. The third-order valence-electron chi connectivity index (χ3n) is 3.67. The average Bonchev–Trinajstić information content (AvgIpc) is 2.55. The summed E-state index contributed by atoms with van der Waals surface area (Å²) in [6.45, 7) is 4.38. The number of carbonyl (C=O) groups is 1. The quantitative estimate of drug-likeness (QED) is 0.770. The number of carbonyl (C=O) groups excluding carboxylic acids is 1. The third kappa shape index (κ3) is 6.60. The zero-order chi connectivity index (χ0) is 16.7. The lowest BCUT2D eigenvalue weighted by Crippen LogP contribution is -2.44. The molecule has 3 N–H and O–H groups in total. The van der Waals surface area contributed by atoms with E-state index in [-0.39, 0.29) is 30.4 Å². The first kappa shape index (κ1) is 20.0. The number of benzene rings is 2. The average molecular weight is 349 g/mol. The number of halogens is 1. The first-order valence-corrected chi connectivity index (χ1v) is 7.85. The minimum absolute atomic E-state index is 0. The SMILES string of the molecule is C[C@H](N[C@@H](C)Cc1ccc(OCc2ccccc2)cc1)C(N)=O.Cl. The minimum Gasteiger partial charge on any atom is -0.489 e. The molecule has 5 heteroatoms. The third-order valence-corrected chi connectivity index (χ3v) is 3.67. The lowest BCUT2D eigenvalue weighted by atomic mass is 10.1. The second kappa shape index (κ2) is 9.96. The van der Waals surface area contributed by atoms with Crippen LogP contribution in [0.25, 0.3) is 0 Å². The first-order chi connectivity index (χ1) is 11.0. The summed E-state index contributed by atoms with van der Waals surface area (Å²) in [5.41, 5.74) is 7.60. The molecule has 0 fully saturated rings. The molecule has 0 aromatic heterocycles. The van der Waals surface area contributed by atoms with E-state index in [0.29, 0.717) is 6.61 Å². The van der Waals surface area contributed by atoms with E-state index in [2.05, 4.69) is 5.32 Å². The molecule has 0 aliphatic carbocycles. The van der Waals surface area contributed by atoms with Crippen molar-refractivity contribution >= 4 is 18.3 Å². The summed E-state index contributed by atoms with van der Waals surface area (Å²) in [4.78, 5) is 11.1. The van der Waals surface area contributed by atoms with E-state index in [9.17, 15) is 4.79 Å². The van der Waals surface area contributed by atoms with Crippen molar-refractivity contribution in [3.8, 4) is 5.75 Å². The number of nitrogens with two attached hydrogens (primary N) is 1. The van der Waals surface area contributed by atoms with Gasteiger partial charge in [0.15, 0.2) is 0 Å². The molecular weight excluding hydrogens is 324 g/mol. The molecule has 130 valence electrons. The van der Waals surface area contributed by atoms with E-state index in [1.54, 1.807) is 6.92 Å². The van der Waals surface area contributed by atoms with Crippen LogP contribution in [0.2, 0.25) is 0 Å². The van der Waals surface area contributed by atoms with Crippen LogP contribution in [-0.2, 0) is 17.8 Å². The highest BCUT2D eigenvalue weighted by Crippen LogP contribution is 2.15. The van der Waals surface area contributed by atoms with Crippen molar-refractivity contribution in [3.63, 3.8) is 0 Å². The van der Waals surface area contributed by atoms with Crippen molar-refractivity contribution < 1.29 is 9.53 Å². The highest BCUT2D eigenvalue weighted by molar-refractivity contribution is 5.85. The molecule has 0 saturated heterocycles. The molecule has 4 nitrogen and oxygen atoms in total. The maximum atomic E-state index is 11.1. The van der Waals surface area contributed by atoms with Crippen LogP contribution in [0.15, 0.2) is 54.6 Å². The van der Waals surface area contributed by atoms with Crippen LogP contribution in [0.4, 0.5) is 0 Å². The standard InChI is InChI=1S/C19H24N2O2.ClH/c1-14(21-15(2)19(20)22)12-16-8-10-18(11-9-16)23-13-17-6-4-3-5-7-17;/h3-11,14-15,21H,12-13H2,1-2H3,(H2,20,22);1H/t14-,15-;/m0./s1. The Morgan fingerprint density at radius 1 is 1.04 bits per heavy atom. The fourth-order valence-electron chi connectivity index (χ4n) is 2.38. The second-order valence-electron chi connectivity index (χ2n) is 5.81. The first-order valence-electron chi connectivity index (χ1n) is 7.85. The van der Waals surface area contributed by atoms with Crippen molar-refractivity contribution in [1.29, 1.82) is 0 Å². The van der Waals surface area contributed by atoms with Gasteiger partial charge in [0.1, 0.15) is 12.4 Å². The molecule has 0 heterocycles. The van der Waals surface area contributed by atoms with Gasteiger partial charge in [-0.05, 0) is 43.5 Å². The van der Waals surface area contributed by atoms with Gasteiger partial charge in [0.05, 0.1) is 6.04 Å². The van der Waals surface area contributed by atoms with E-state index in [0.717, 1.165) is 17.7 Å². The number of hydrogen-bond donors (Lipinski definition) is 2. The van der Waals surface area contributed by atoms with Crippen LogP contribution in [0, 0.1) is 0 Å². The van der Waals surface area contributed by atoms with Crippen molar-refractivity contribution in [2.24, 2.45) is 5.73 Å². The Labute approximate surface area is 149 Å².